The minimum Gasteiger partial charge on any atom is -0.496 e. The Labute approximate surface area is 108 Å². The van der Waals surface area contributed by atoms with Gasteiger partial charge < -0.3 is 10.1 Å². The molecule has 3 rings (SSSR count). The standard InChI is InChI=1S/C16H17NO/c1-11-7-8-16(18-2)13(9-11)15-10-12-5-3-4-6-14(12)17-15/h3-9,15,17H,10H2,1-2H3/t15-/m1/s1. The Kier molecular flexibility index (Phi) is 2.71. The molecular formula is C16H17NO. The van der Waals surface area contributed by atoms with Crippen LogP contribution in [-0.2, 0) is 6.42 Å². The van der Waals surface area contributed by atoms with Gasteiger partial charge in [-0.2, -0.15) is 0 Å². The first-order valence-electron chi connectivity index (χ1n) is 6.27. The number of ether oxygens (including phenoxy) is 1. The second-order valence-corrected chi connectivity index (χ2v) is 4.80. The minimum absolute atomic E-state index is 0.317. The summed E-state index contributed by atoms with van der Waals surface area (Å²) in [5, 5.41) is 3.57. The molecule has 1 aliphatic rings. The summed E-state index contributed by atoms with van der Waals surface area (Å²) < 4.78 is 5.47. The van der Waals surface area contributed by atoms with Crippen molar-refractivity contribution in [2.75, 3.05) is 12.4 Å². The van der Waals surface area contributed by atoms with Crippen LogP contribution in [0.15, 0.2) is 42.5 Å². The second kappa shape index (κ2) is 4.37. The highest BCUT2D eigenvalue weighted by molar-refractivity contribution is 5.59. The molecular weight excluding hydrogens is 222 g/mol. The maximum Gasteiger partial charge on any atom is 0.124 e. The summed E-state index contributed by atoms with van der Waals surface area (Å²) in [4.78, 5) is 0. The molecule has 2 aromatic rings. The van der Waals surface area contributed by atoms with Gasteiger partial charge in [0.05, 0.1) is 13.2 Å². The zero-order valence-corrected chi connectivity index (χ0v) is 10.7. The molecule has 1 N–H and O–H groups in total. The number of hydrogen-bond donors (Lipinski definition) is 1. The number of methoxy groups -OCH3 is 1. The van der Waals surface area contributed by atoms with Gasteiger partial charge in [0.1, 0.15) is 5.75 Å². The van der Waals surface area contributed by atoms with Gasteiger partial charge in [-0.05, 0) is 31.0 Å². The molecule has 1 atom stereocenters. The van der Waals surface area contributed by atoms with Gasteiger partial charge in [-0.1, -0.05) is 35.9 Å². The van der Waals surface area contributed by atoms with Gasteiger partial charge in [-0.3, -0.25) is 0 Å². The van der Waals surface area contributed by atoms with E-state index < -0.39 is 0 Å². The summed E-state index contributed by atoms with van der Waals surface area (Å²) in [5.74, 6) is 0.964. The Balaban J connectivity index is 1.97. The van der Waals surface area contributed by atoms with Crippen LogP contribution in [0, 0.1) is 6.92 Å². The summed E-state index contributed by atoms with van der Waals surface area (Å²) >= 11 is 0. The SMILES string of the molecule is COc1ccc(C)cc1[C@H]1Cc2ccccc2N1. The lowest BCUT2D eigenvalue weighted by Gasteiger charge is -2.16. The van der Waals surface area contributed by atoms with E-state index in [4.69, 9.17) is 4.74 Å². The molecule has 0 spiro atoms. The number of aryl methyl sites for hydroxylation is 1. The van der Waals surface area contributed by atoms with Crippen LogP contribution in [0.25, 0.3) is 0 Å². The summed E-state index contributed by atoms with van der Waals surface area (Å²) in [6.45, 7) is 2.12. The molecule has 0 fully saturated rings. The molecule has 2 aromatic carbocycles. The van der Waals surface area contributed by atoms with Crippen molar-refractivity contribution in [2.45, 2.75) is 19.4 Å². The molecule has 18 heavy (non-hydrogen) atoms. The predicted octanol–water partition coefficient (Wildman–Crippen LogP) is 3.71. The van der Waals surface area contributed by atoms with Gasteiger partial charge in [0.15, 0.2) is 0 Å². The van der Waals surface area contributed by atoms with Crippen LogP contribution >= 0.6 is 0 Å². The molecule has 1 aliphatic heterocycles. The molecule has 0 unspecified atom stereocenters. The van der Waals surface area contributed by atoms with Crippen LogP contribution in [0.1, 0.15) is 22.7 Å². The van der Waals surface area contributed by atoms with E-state index in [0.29, 0.717) is 6.04 Å². The van der Waals surface area contributed by atoms with Crippen molar-refractivity contribution >= 4 is 5.69 Å². The van der Waals surface area contributed by atoms with Crippen molar-refractivity contribution in [3.05, 3.63) is 59.2 Å². The molecule has 0 bridgehead atoms. The van der Waals surface area contributed by atoms with Crippen molar-refractivity contribution in [3.8, 4) is 5.75 Å². The zero-order chi connectivity index (χ0) is 12.5. The maximum atomic E-state index is 5.47. The lowest BCUT2D eigenvalue weighted by molar-refractivity contribution is 0.407. The quantitative estimate of drug-likeness (QED) is 0.862. The van der Waals surface area contributed by atoms with Crippen molar-refractivity contribution in [3.63, 3.8) is 0 Å². The average molecular weight is 239 g/mol. The highest BCUT2D eigenvalue weighted by Gasteiger charge is 2.24. The monoisotopic (exact) mass is 239 g/mol. The lowest BCUT2D eigenvalue weighted by atomic mass is 10.00. The third-order valence-electron chi connectivity index (χ3n) is 3.53. The van der Waals surface area contributed by atoms with Crippen LogP contribution < -0.4 is 10.1 Å². The van der Waals surface area contributed by atoms with Gasteiger partial charge in [-0.15, -0.1) is 0 Å². The highest BCUT2D eigenvalue weighted by atomic mass is 16.5. The average Bonchev–Trinajstić information content (AvgIpc) is 2.82. The van der Waals surface area contributed by atoms with E-state index >= 15 is 0 Å². The van der Waals surface area contributed by atoms with Crippen LogP contribution in [-0.4, -0.2) is 7.11 Å². The Morgan fingerprint density at radius 3 is 2.78 bits per heavy atom. The van der Waals surface area contributed by atoms with Crippen LogP contribution in [0.5, 0.6) is 5.75 Å². The van der Waals surface area contributed by atoms with E-state index in [0.717, 1.165) is 12.2 Å². The van der Waals surface area contributed by atoms with E-state index in [9.17, 15) is 0 Å². The van der Waals surface area contributed by atoms with Crippen LogP contribution in [0.4, 0.5) is 5.69 Å². The molecule has 2 nitrogen and oxygen atoms in total. The molecule has 0 aliphatic carbocycles. The van der Waals surface area contributed by atoms with Gasteiger partial charge in [0.2, 0.25) is 0 Å². The topological polar surface area (TPSA) is 21.3 Å². The molecule has 2 heteroatoms. The van der Waals surface area contributed by atoms with E-state index in [2.05, 4.69) is 54.7 Å². The summed E-state index contributed by atoms with van der Waals surface area (Å²) in [5.41, 5.74) is 5.13. The fourth-order valence-electron chi connectivity index (χ4n) is 2.61. The molecule has 92 valence electrons. The Bertz CT molecular complexity index is 552. The van der Waals surface area contributed by atoms with Crippen molar-refractivity contribution in [1.29, 1.82) is 0 Å². The first kappa shape index (κ1) is 11.1. The lowest BCUT2D eigenvalue weighted by Crippen LogP contribution is -2.07. The minimum atomic E-state index is 0.317. The second-order valence-electron chi connectivity index (χ2n) is 4.80. The van der Waals surface area contributed by atoms with E-state index in [1.807, 2.05) is 0 Å². The summed E-state index contributed by atoms with van der Waals surface area (Å²) in [6, 6.07) is 15.2. The van der Waals surface area contributed by atoms with Gasteiger partial charge in [-0.25, -0.2) is 0 Å². The fraction of sp³-hybridized carbons (Fsp3) is 0.250. The van der Waals surface area contributed by atoms with Gasteiger partial charge >= 0.3 is 0 Å². The van der Waals surface area contributed by atoms with Crippen molar-refractivity contribution < 1.29 is 4.74 Å². The van der Waals surface area contributed by atoms with Crippen molar-refractivity contribution in [2.24, 2.45) is 0 Å². The molecule has 0 radical (unpaired) electrons. The third kappa shape index (κ3) is 1.84. The number of hydrogen-bond acceptors (Lipinski definition) is 2. The van der Waals surface area contributed by atoms with Crippen molar-refractivity contribution in [1.82, 2.24) is 0 Å². The number of nitrogens with one attached hydrogen (secondary N) is 1. The molecule has 0 saturated heterocycles. The number of rotatable bonds is 2. The zero-order valence-electron chi connectivity index (χ0n) is 10.7. The van der Waals surface area contributed by atoms with Crippen LogP contribution in [0.2, 0.25) is 0 Å². The normalized spacial score (nSPS) is 17.1. The molecule has 0 amide bonds. The Hall–Kier alpha value is -1.96. The molecule has 0 saturated carbocycles. The maximum absolute atomic E-state index is 5.47. The highest BCUT2D eigenvalue weighted by Crippen LogP contribution is 2.37. The first-order valence-corrected chi connectivity index (χ1v) is 6.27. The Morgan fingerprint density at radius 2 is 2.00 bits per heavy atom. The first-order chi connectivity index (χ1) is 8.78. The van der Waals surface area contributed by atoms with E-state index in [-0.39, 0.29) is 0 Å². The summed E-state index contributed by atoms with van der Waals surface area (Å²) in [6.07, 6.45) is 1.02. The largest absolute Gasteiger partial charge is 0.496 e. The fourth-order valence-corrected chi connectivity index (χ4v) is 2.61. The Morgan fingerprint density at radius 1 is 1.17 bits per heavy atom. The van der Waals surface area contributed by atoms with Gasteiger partial charge in [0, 0.05) is 11.3 Å². The number of anilines is 1. The molecule has 0 aromatic heterocycles. The number of para-hydroxylation sites is 1. The van der Waals surface area contributed by atoms with E-state index in [1.54, 1.807) is 7.11 Å². The molecule has 1 heterocycles. The number of fused-ring (bicyclic) bond motifs is 1. The van der Waals surface area contributed by atoms with Crippen LogP contribution in [0.3, 0.4) is 0 Å². The number of benzene rings is 2. The van der Waals surface area contributed by atoms with E-state index in [1.165, 1.54) is 22.4 Å². The smallest absolute Gasteiger partial charge is 0.124 e. The van der Waals surface area contributed by atoms with Gasteiger partial charge in [0.25, 0.3) is 0 Å². The third-order valence-corrected chi connectivity index (χ3v) is 3.53. The predicted molar refractivity (Wildman–Crippen MR) is 74.2 cm³/mol. The summed E-state index contributed by atoms with van der Waals surface area (Å²) in [7, 11) is 1.73.